The highest BCUT2D eigenvalue weighted by Crippen LogP contribution is 2.62. The maximum atomic E-state index is 9.69. The number of hydrogen-bond acceptors (Lipinski definition) is 13. The van der Waals surface area contributed by atoms with E-state index in [-0.39, 0.29) is 16.8 Å². The summed E-state index contributed by atoms with van der Waals surface area (Å²) in [5, 5.41) is 28.9. The van der Waals surface area contributed by atoms with E-state index in [0.717, 1.165) is 81.0 Å². The first kappa shape index (κ1) is 60.6. The van der Waals surface area contributed by atoms with E-state index in [0.29, 0.717) is 34.7 Å². The van der Waals surface area contributed by atoms with Gasteiger partial charge in [-0.3, -0.25) is 26.2 Å². The van der Waals surface area contributed by atoms with Crippen LogP contribution in [0.2, 0.25) is 0 Å². The van der Waals surface area contributed by atoms with Crippen molar-refractivity contribution in [1.29, 1.82) is 16.2 Å². The summed E-state index contributed by atoms with van der Waals surface area (Å²) in [7, 11) is 0. The molecule has 0 bridgehead atoms. The molecule has 0 fully saturated rings. The van der Waals surface area contributed by atoms with Crippen molar-refractivity contribution in [2.24, 2.45) is 38.1 Å². The molecule has 0 saturated carbocycles. The van der Waals surface area contributed by atoms with Crippen LogP contribution < -0.4 is 0 Å². The molecule has 6 aromatic heterocycles. The van der Waals surface area contributed by atoms with Crippen LogP contribution in [0.15, 0.2) is 87.4 Å². The van der Waals surface area contributed by atoms with Crippen molar-refractivity contribution >= 4 is 126 Å². The van der Waals surface area contributed by atoms with Crippen molar-refractivity contribution in [2.45, 2.75) is 189 Å². The van der Waals surface area contributed by atoms with Crippen molar-refractivity contribution in [3.63, 3.8) is 0 Å². The highest BCUT2D eigenvalue weighted by Gasteiger charge is 2.49. The van der Waals surface area contributed by atoms with Gasteiger partial charge in [0.05, 0.1) is 15.5 Å². The molecule has 4 atom stereocenters. The molecule has 0 saturated heterocycles. The van der Waals surface area contributed by atoms with Gasteiger partial charge in [-0.05, 0) is 134 Å². The summed E-state index contributed by atoms with van der Waals surface area (Å²) in [6.45, 7) is 18.6. The Morgan fingerprint density at radius 3 is 1.27 bits per heavy atom. The van der Waals surface area contributed by atoms with Crippen LogP contribution in [0.3, 0.4) is 0 Å². The van der Waals surface area contributed by atoms with Gasteiger partial charge in [0.15, 0.2) is 0 Å². The average molecular weight is 1200 g/mol. The van der Waals surface area contributed by atoms with Crippen LogP contribution in [0, 0.1) is 39.9 Å². The minimum Gasteiger partial charge on any atom is -0.298 e. The van der Waals surface area contributed by atoms with Gasteiger partial charge in [-0.25, -0.2) is 4.40 Å². The molecule has 3 aliphatic rings. The molecule has 2 aliphatic heterocycles. The Labute approximate surface area is 508 Å². The predicted octanol–water partition coefficient (Wildman–Crippen LogP) is 22.4. The Hall–Kier alpha value is -3.95. The van der Waals surface area contributed by atoms with Gasteiger partial charge in [0.1, 0.15) is 28.6 Å². The fourth-order valence-corrected chi connectivity index (χ4v) is 19.7. The predicted molar refractivity (Wildman–Crippen MR) is 362 cm³/mol. The number of hydrogen-bond donors (Lipinski definition) is 4. The molecule has 0 radical (unpaired) electrons. The summed E-state index contributed by atoms with van der Waals surface area (Å²) >= 11 is 15.4. The molecule has 1 aliphatic carbocycles. The molecule has 3 N–H and O–H groups in total. The van der Waals surface area contributed by atoms with Crippen molar-refractivity contribution in [1.82, 2.24) is 0 Å². The summed E-state index contributed by atoms with van der Waals surface area (Å²) in [6, 6.07) is 22.6. The smallest absolute Gasteiger partial charge is 0.108 e. The maximum absolute atomic E-state index is 9.69. The highest BCUT2D eigenvalue weighted by molar-refractivity contribution is 7.79. The van der Waals surface area contributed by atoms with Crippen molar-refractivity contribution in [3.8, 4) is 29.3 Å². The second kappa shape index (κ2) is 28.1. The topological polar surface area (TPSA) is 109 Å². The fourth-order valence-electron chi connectivity index (χ4n) is 12.4. The largest absolute Gasteiger partial charge is 0.298 e. The summed E-state index contributed by atoms with van der Waals surface area (Å²) in [5.41, 5.74) is 6.62. The zero-order valence-electron chi connectivity index (χ0n) is 48.6. The highest BCUT2D eigenvalue weighted by atomic mass is 32.1. The van der Waals surface area contributed by atoms with E-state index in [1.807, 2.05) is 35.1 Å². The minimum absolute atomic E-state index is 0.183. The van der Waals surface area contributed by atoms with Gasteiger partial charge in [-0.1, -0.05) is 158 Å². The summed E-state index contributed by atoms with van der Waals surface area (Å²) in [6.07, 6.45) is 27.8. The molecule has 424 valence electrons. The Bertz CT molecular complexity index is 3280. The normalized spacial score (nSPS) is 18.3. The number of allylic oxidation sites excluding steroid dienone is 2. The first-order valence-electron chi connectivity index (χ1n) is 30.2. The zero-order valence-corrected chi connectivity index (χ0v) is 54.4. The molecule has 0 aromatic carbocycles. The zero-order chi connectivity index (χ0) is 56.5. The van der Waals surface area contributed by atoms with E-state index in [1.165, 1.54) is 140 Å². The first-order valence-corrected chi connectivity index (χ1v) is 35.5. The lowest BCUT2D eigenvalue weighted by Crippen LogP contribution is -2.31. The second-order valence-corrected chi connectivity index (χ2v) is 29.6. The third-order valence-corrected chi connectivity index (χ3v) is 24.9. The minimum atomic E-state index is -0.240. The Morgan fingerprint density at radius 1 is 0.450 bits per heavy atom. The number of rotatable bonds is 30. The number of thiol groups is 1. The van der Waals surface area contributed by atoms with Gasteiger partial charge in [0.25, 0.3) is 0 Å². The molecule has 8 heterocycles. The van der Waals surface area contributed by atoms with Crippen LogP contribution in [-0.2, 0) is 18.3 Å². The molecule has 6 nitrogen and oxygen atoms in total. The van der Waals surface area contributed by atoms with Crippen LogP contribution >= 0.6 is 80.8 Å². The molecule has 4 unspecified atom stereocenters. The molecule has 9 rings (SSSR count). The summed E-state index contributed by atoms with van der Waals surface area (Å²) in [4.78, 5) is 24.5. The van der Waals surface area contributed by atoms with E-state index in [9.17, 15) is 16.2 Å². The van der Waals surface area contributed by atoms with E-state index >= 15 is 0 Å². The molecule has 0 spiro atoms. The fraction of sp³-hybridized carbons (Fsp3) is 0.493. The third kappa shape index (κ3) is 13.0. The van der Waals surface area contributed by atoms with Gasteiger partial charge in [0.2, 0.25) is 0 Å². The number of nitrogens with zero attached hydrogens (tertiary/aromatic N) is 3. The Morgan fingerprint density at radius 2 is 0.838 bits per heavy atom. The number of thiophene rings is 6. The van der Waals surface area contributed by atoms with Gasteiger partial charge in [-0.15, -0.1) is 68.0 Å². The molecule has 80 heavy (non-hydrogen) atoms. The van der Waals surface area contributed by atoms with Gasteiger partial charge in [-0.2, -0.15) is 0 Å². The Kier molecular flexibility index (Phi) is 21.3. The average Bonchev–Trinajstić information content (AvgIpc) is 4.52. The quantitative estimate of drug-likeness (QED) is 0.0323. The SMILES string of the molecule is CCCCC(CC)Cc1ccc(-c2ccc(C3=NC=C(c4cc5c(s4)-c4sc(C6=CN=C(c7ccc(-c8ccc(CC(CC)CCCC)s8)s7)C(=N)C6=NS)cc4C5(CC(CC)CCCC)CC(CC)CCCC)C(=N)C3=N)s2)s1. The van der Waals surface area contributed by atoms with Crippen molar-refractivity contribution in [3.05, 3.63) is 113 Å². The molecular weight excluding hydrogens is 1110 g/mol. The van der Waals surface area contributed by atoms with Crippen molar-refractivity contribution in [2.75, 3.05) is 0 Å². The van der Waals surface area contributed by atoms with Crippen LogP contribution in [0.25, 0.3) is 40.4 Å². The maximum Gasteiger partial charge on any atom is 0.108 e. The summed E-state index contributed by atoms with van der Waals surface area (Å²) < 4.78 is 4.58. The number of aliphatic imine (C=N–C) groups is 2. The van der Waals surface area contributed by atoms with E-state index in [4.69, 9.17) is 9.98 Å². The lowest BCUT2D eigenvalue weighted by atomic mass is 9.65. The van der Waals surface area contributed by atoms with Crippen LogP contribution in [0.4, 0.5) is 0 Å². The molecule has 6 aromatic rings. The lowest BCUT2D eigenvalue weighted by Gasteiger charge is -2.38. The van der Waals surface area contributed by atoms with Gasteiger partial charge < -0.3 is 0 Å². The first-order chi connectivity index (χ1) is 38.9. The van der Waals surface area contributed by atoms with E-state index < -0.39 is 0 Å². The monoisotopic (exact) mass is 1200 g/mol. The lowest BCUT2D eigenvalue weighted by molar-refractivity contribution is 0.266. The third-order valence-electron chi connectivity index (χ3n) is 17.4. The van der Waals surface area contributed by atoms with Crippen LogP contribution in [0.5, 0.6) is 0 Å². The number of nitrogens with one attached hydrogen (secondary N) is 3. The number of fused-ring (bicyclic) bond motifs is 3. The molecule has 0 amide bonds. The van der Waals surface area contributed by atoms with Gasteiger partial charge in [0, 0.05) is 77.7 Å². The van der Waals surface area contributed by atoms with E-state index in [1.54, 1.807) is 45.3 Å². The molecule has 13 heteroatoms. The van der Waals surface area contributed by atoms with Crippen molar-refractivity contribution < 1.29 is 0 Å². The van der Waals surface area contributed by atoms with Gasteiger partial charge >= 0.3 is 0 Å². The van der Waals surface area contributed by atoms with Crippen LogP contribution in [-0.4, -0.2) is 34.3 Å². The standard InChI is InChI=1S/C67H84N6S7/c1-9-17-21-41(13-5)33-45-25-27-51(75-45)53-29-31-55(77-53)63-60(69)59(68)47(39-71-63)57-35-49-65(79-57)66-50(67(49,37-43(15-7)23-19-11-3)38-44(16-8)24-20-12-4)36-58(80-66)48-40-72-64(61(70)62(48)73-74)56-32-30-54(78-56)52-28-26-46(76-52)34-42(14-6)22-18-10-2/h25-32,35-36,39-44,68-70,74H,9-24,33-34,37-38H2,1-8H3. The number of unbranched alkanes of at least 4 members (excludes halogenated alkanes) is 4. The Balaban J connectivity index is 1.07. The van der Waals surface area contributed by atoms with Crippen LogP contribution in [0.1, 0.15) is 211 Å². The molecular formula is C67H84N6S7. The second-order valence-electron chi connectivity index (χ2n) is 22.7. The summed E-state index contributed by atoms with van der Waals surface area (Å²) in [5.74, 6) is 2.55. The van der Waals surface area contributed by atoms with E-state index in [2.05, 4.69) is 133 Å².